The van der Waals surface area contributed by atoms with Crippen LogP contribution in [0.15, 0.2) is 36.1 Å². The molecule has 0 aromatic heterocycles. The van der Waals surface area contributed by atoms with Crippen molar-refractivity contribution in [2.24, 2.45) is 5.92 Å². The van der Waals surface area contributed by atoms with E-state index in [0.717, 1.165) is 16.6 Å². The number of benzene rings is 1. The van der Waals surface area contributed by atoms with Gasteiger partial charge in [-0.1, -0.05) is 0 Å². The topological polar surface area (TPSA) is 35.5 Å². The van der Waals surface area contributed by atoms with Gasteiger partial charge < -0.3 is 0 Å². The second-order valence-corrected chi connectivity index (χ2v) is 14.9. The van der Waals surface area contributed by atoms with E-state index in [9.17, 15) is 4.79 Å². The van der Waals surface area contributed by atoms with E-state index in [2.05, 4.69) is 32.6 Å². The fourth-order valence-electron chi connectivity index (χ4n) is 2.85. The van der Waals surface area contributed by atoms with E-state index in [0.29, 0.717) is 11.4 Å². The van der Waals surface area contributed by atoms with Crippen LogP contribution in [0, 0.1) is 5.92 Å². The minimum absolute atomic E-state index is 0.0364. The predicted molar refractivity (Wildman–Crippen MR) is 102 cm³/mol. The van der Waals surface area contributed by atoms with E-state index >= 15 is 0 Å². The van der Waals surface area contributed by atoms with Gasteiger partial charge in [-0.3, -0.25) is 0 Å². The van der Waals surface area contributed by atoms with Crippen LogP contribution < -0.4 is 4.46 Å². The van der Waals surface area contributed by atoms with Gasteiger partial charge in [0.2, 0.25) is 0 Å². The molecule has 0 bridgehead atoms. The van der Waals surface area contributed by atoms with Crippen LogP contribution in [-0.4, -0.2) is 36.4 Å². The standard InChI is InChI=1S/C18H25ClO3SeSi/c1-13-12-15(22-24(3,4)5)10-11-18(13,17(20)21-2)23-16-8-6-14(19)7-9-16/h6-10,13H,11-12H2,1-5H3/t13-,18+/m0/s1. The summed E-state index contributed by atoms with van der Waals surface area (Å²) in [4.78, 5) is 12.7. The first kappa shape index (κ1) is 19.6. The first-order valence-corrected chi connectivity index (χ1v) is 13.6. The molecule has 0 spiro atoms. The van der Waals surface area contributed by atoms with E-state index in [1.54, 1.807) is 0 Å². The Kier molecular flexibility index (Phi) is 6.24. The number of allylic oxidation sites excluding steroid dienone is 2. The third-order valence-corrected chi connectivity index (χ3v) is 8.52. The minimum atomic E-state index is -1.63. The molecule has 0 aliphatic heterocycles. The van der Waals surface area contributed by atoms with Crippen LogP contribution in [0.1, 0.15) is 19.8 Å². The van der Waals surface area contributed by atoms with E-state index in [1.165, 1.54) is 7.11 Å². The van der Waals surface area contributed by atoms with Crippen molar-refractivity contribution in [2.75, 3.05) is 7.11 Å². The molecule has 0 radical (unpaired) electrons. The zero-order chi connectivity index (χ0) is 18.0. The summed E-state index contributed by atoms with van der Waals surface area (Å²) >= 11 is 5.94. The average molecular weight is 432 g/mol. The van der Waals surface area contributed by atoms with E-state index in [1.807, 2.05) is 24.3 Å². The van der Waals surface area contributed by atoms with Crippen LogP contribution in [0.2, 0.25) is 29.0 Å². The summed E-state index contributed by atoms with van der Waals surface area (Å²) < 4.78 is 12.0. The van der Waals surface area contributed by atoms with Crippen molar-refractivity contribution in [1.82, 2.24) is 0 Å². The molecule has 132 valence electrons. The number of ether oxygens (including phenoxy) is 1. The Labute approximate surface area is 157 Å². The molecule has 0 fully saturated rings. The van der Waals surface area contributed by atoms with Crippen molar-refractivity contribution in [3.63, 3.8) is 0 Å². The van der Waals surface area contributed by atoms with Gasteiger partial charge in [0.1, 0.15) is 0 Å². The summed E-state index contributed by atoms with van der Waals surface area (Å²) in [6, 6.07) is 7.79. The second kappa shape index (κ2) is 7.65. The Balaban J connectivity index is 2.28. The van der Waals surface area contributed by atoms with Crippen LogP contribution in [0.4, 0.5) is 0 Å². The summed E-state index contributed by atoms with van der Waals surface area (Å²) in [6.07, 6.45) is 3.56. The van der Waals surface area contributed by atoms with Crippen molar-refractivity contribution in [1.29, 1.82) is 0 Å². The molecular formula is C18H25ClO3SeSi. The third kappa shape index (κ3) is 4.66. The summed E-state index contributed by atoms with van der Waals surface area (Å²) in [5, 5.41) is 0.712. The van der Waals surface area contributed by atoms with Crippen LogP contribution in [0.5, 0.6) is 0 Å². The molecule has 1 aromatic rings. The van der Waals surface area contributed by atoms with Crippen LogP contribution >= 0.6 is 11.6 Å². The number of halogens is 1. The van der Waals surface area contributed by atoms with Gasteiger partial charge in [0.15, 0.2) is 0 Å². The third-order valence-electron chi connectivity index (χ3n) is 4.02. The number of hydrogen-bond acceptors (Lipinski definition) is 3. The number of esters is 1. The van der Waals surface area contributed by atoms with Crippen molar-refractivity contribution in [3.8, 4) is 0 Å². The van der Waals surface area contributed by atoms with Crippen LogP contribution in [0.3, 0.4) is 0 Å². The first-order chi connectivity index (χ1) is 11.2. The van der Waals surface area contributed by atoms with E-state index in [-0.39, 0.29) is 26.8 Å². The van der Waals surface area contributed by atoms with Crippen LogP contribution in [0.25, 0.3) is 0 Å². The van der Waals surface area contributed by atoms with Gasteiger partial charge in [0.05, 0.1) is 0 Å². The molecule has 0 unspecified atom stereocenters. The van der Waals surface area contributed by atoms with Gasteiger partial charge in [-0.2, -0.15) is 0 Å². The van der Waals surface area contributed by atoms with E-state index < -0.39 is 12.6 Å². The molecular weight excluding hydrogens is 407 g/mol. The summed E-state index contributed by atoms with van der Waals surface area (Å²) in [7, 11) is -0.152. The molecule has 2 rings (SSSR count). The Morgan fingerprint density at radius 1 is 1.29 bits per heavy atom. The maximum absolute atomic E-state index is 12.7. The number of rotatable bonds is 5. The number of carbonyl (C=O) groups excluding carboxylic acids is 1. The maximum atomic E-state index is 12.7. The first-order valence-electron chi connectivity index (χ1n) is 8.07. The molecule has 0 amide bonds. The number of carbonyl (C=O) groups is 1. The summed E-state index contributed by atoms with van der Waals surface area (Å²) in [6.45, 7) is 8.67. The fourth-order valence-corrected chi connectivity index (χ4v) is 6.68. The molecule has 24 heavy (non-hydrogen) atoms. The van der Waals surface area contributed by atoms with E-state index in [4.69, 9.17) is 20.8 Å². The Morgan fingerprint density at radius 3 is 2.42 bits per heavy atom. The molecule has 0 saturated heterocycles. The van der Waals surface area contributed by atoms with Gasteiger partial charge in [-0.25, -0.2) is 0 Å². The molecule has 3 nitrogen and oxygen atoms in total. The molecule has 0 N–H and O–H groups in total. The van der Waals surface area contributed by atoms with Gasteiger partial charge in [-0.15, -0.1) is 0 Å². The number of hydrogen-bond donors (Lipinski definition) is 0. The number of methoxy groups -OCH3 is 1. The molecule has 6 heteroatoms. The SMILES string of the molecule is COC(=O)[C@@]1([Se]c2ccc(Cl)cc2)CC=C(O[Si](C)(C)C)C[C@@H]1C. The van der Waals surface area contributed by atoms with Gasteiger partial charge in [0.25, 0.3) is 0 Å². The molecule has 2 atom stereocenters. The zero-order valence-electron chi connectivity index (χ0n) is 14.9. The second-order valence-electron chi connectivity index (χ2n) is 7.13. The quantitative estimate of drug-likeness (QED) is 0.518. The normalized spacial score (nSPS) is 24.2. The monoisotopic (exact) mass is 432 g/mol. The molecule has 0 heterocycles. The summed E-state index contributed by atoms with van der Waals surface area (Å²) in [5.41, 5.74) is 0. The van der Waals surface area contributed by atoms with Gasteiger partial charge in [0, 0.05) is 0 Å². The molecule has 1 aliphatic carbocycles. The predicted octanol–water partition coefficient (Wildman–Crippen LogP) is 4.17. The molecule has 1 aromatic carbocycles. The van der Waals surface area contributed by atoms with Crippen molar-refractivity contribution in [3.05, 3.63) is 41.1 Å². The van der Waals surface area contributed by atoms with Crippen molar-refractivity contribution < 1.29 is 14.0 Å². The Bertz CT molecular complexity index is 624. The van der Waals surface area contributed by atoms with Crippen molar-refractivity contribution in [2.45, 2.75) is 43.7 Å². The molecule has 1 aliphatic rings. The van der Waals surface area contributed by atoms with Crippen molar-refractivity contribution >= 4 is 45.3 Å². The average Bonchev–Trinajstić information content (AvgIpc) is 2.50. The van der Waals surface area contributed by atoms with Crippen LogP contribution in [-0.2, 0) is 14.0 Å². The Morgan fingerprint density at radius 2 is 1.92 bits per heavy atom. The Hall–Kier alpha value is -0.744. The molecule has 0 saturated carbocycles. The zero-order valence-corrected chi connectivity index (χ0v) is 18.4. The van der Waals surface area contributed by atoms with Gasteiger partial charge in [-0.05, 0) is 0 Å². The fraction of sp³-hybridized carbons (Fsp3) is 0.500. The van der Waals surface area contributed by atoms with Gasteiger partial charge >= 0.3 is 157 Å². The summed E-state index contributed by atoms with van der Waals surface area (Å²) in [5.74, 6) is 1.10.